The first-order valence-electron chi connectivity index (χ1n) is 7.16. The molecule has 0 saturated carbocycles. The summed E-state index contributed by atoms with van der Waals surface area (Å²) in [5, 5.41) is 4.62. The van der Waals surface area contributed by atoms with Crippen molar-refractivity contribution >= 4 is 33.8 Å². The van der Waals surface area contributed by atoms with Crippen molar-refractivity contribution in [2.24, 2.45) is 0 Å². The minimum absolute atomic E-state index is 0.0596. The summed E-state index contributed by atoms with van der Waals surface area (Å²) in [6.07, 6.45) is 0.467. The molecule has 3 rings (SSSR count). The van der Waals surface area contributed by atoms with Crippen molar-refractivity contribution in [3.8, 4) is 0 Å². The molecule has 0 radical (unpaired) electrons. The highest BCUT2D eigenvalue weighted by molar-refractivity contribution is 7.15. The normalized spacial score (nSPS) is 11.0. The Morgan fingerprint density at radius 1 is 1.42 bits per heavy atom. The summed E-state index contributed by atoms with van der Waals surface area (Å²) >= 11 is 7.24. The average Bonchev–Trinajstić information content (AvgIpc) is 2.90. The van der Waals surface area contributed by atoms with E-state index in [1.807, 2.05) is 5.38 Å². The number of fused-ring (bicyclic) bond motifs is 1. The Bertz CT molecular complexity index is 983. The van der Waals surface area contributed by atoms with E-state index in [2.05, 4.69) is 10.3 Å². The van der Waals surface area contributed by atoms with Crippen molar-refractivity contribution in [1.82, 2.24) is 14.7 Å². The molecular formula is C16H13ClFN3O2S. The number of aryl methyl sites for hydroxylation is 1. The van der Waals surface area contributed by atoms with Crippen molar-refractivity contribution in [3.05, 3.63) is 67.8 Å². The van der Waals surface area contributed by atoms with Gasteiger partial charge in [-0.25, -0.2) is 9.37 Å². The molecular weight excluding hydrogens is 353 g/mol. The number of hydrogen-bond acceptors (Lipinski definition) is 4. The van der Waals surface area contributed by atoms with Gasteiger partial charge in [-0.1, -0.05) is 11.6 Å². The van der Waals surface area contributed by atoms with E-state index in [1.165, 1.54) is 33.9 Å². The summed E-state index contributed by atoms with van der Waals surface area (Å²) in [6, 6.07) is 5.08. The molecule has 124 valence electrons. The fraction of sp³-hybridized carbons (Fsp3) is 0.188. The number of rotatable bonds is 4. The van der Waals surface area contributed by atoms with Crippen LogP contribution in [0.2, 0.25) is 5.02 Å². The first-order valence-corrected chi connectivity index (χ1v) is 8.41. The quantitative estimate of drug-likeness (QED) is 0.773. The predicted molar refractivity (Wildman–Crippen MR) is 91.5 cm³/mol. The van der Waals surface area contributed by atoms with Gasteiger partial charge in [0, 0.05) is 35.8 Å². The van der Waals surface area contributed by atoms with Gasteiger partial charge in [0.2, 0.25) is 0 Å². The first-order chi connectivity index (χ1) is 11.5. The van der Waals surface area contributed by atoms with E-state index in [1.54, 1.807) is 6.92 Å². The van der Waals surface area contributed by atoms with Crippen molar-refractivity contribution in [2.75, 3.05) is 6.54 Å². The van der Waals surface area contributed by atoms with Crippen LogP contribution < -0.4 is 10.9 Å². The van der Waals surface area contributed by atoms with E-state index in [0.29, 0.717) is 23.6 Å². The maximum Gasteiger partial charge on any atom is 0.258 e. The van der Waals surface area contributed by atoms with Crippen LogP contribution in [-0.4, -0.2) is 21.8 Å². The molecule has 0 saturated heterocycles. The molecule has 8 heteroatoms. The number of amides is 1. The van der Waals surface area contributed by atoms with E-state index >= 15 is 0 Å². The van der Waals surface area contributed by atoms with E-state index < -0.39 is 5.82 Å². The molecule has 0 aliphatic heterocycles. The van der Waals surface area contributed by atoms with Gasteiger partial charge in [0.1, 0.15) is 5.82 Å². The van der Waals surface area contributed by atoms with Gasteiger partial charge >= 0.3 is 0 Å². The summed E-state index contributed by atoms with van der Waals surface area (Å²) in [7, 11) is 0. The molecule has 0 aliphatic rings. The van der Waals surface area contributed by atoms with E-state index in [0.717, 1.165) is 11.8 Å². The third kappa shape index (κ3) is 3.32. The molecule has 0 fully saturated rings. The number of nitrogens with zero attached hydrogens (tertiary/aromatic N) is 2. The molecule has 0 atom stereocenters. The lowest BCUT2D eigenvalue weighted by Gasteiger charge is -2.07. The van der Waals surface area contributed by atoms with Crippen LogP contribution in [0, 0.1) is 12.7 Å². The molecule has 1 amide bonds. The van der Waals surface area contributed by atoms with Crippen molar-refractivity contribution in [1.29, 1.82) is 0 Å². The summed E-state index contributed by atoms with van der Waals surface area (Å²) in [5.41, 5.74) is 1.52. The van der Waals surface area contributed by atoms with Gasteiger partial charge in [0.15, 0.2) is 4.96 Å². The molecule has 1 aromatic carbocycles. The Balaban J connectivity index is 1.71. The lowest BCUT2D eigenvalue weighted by molar-refractivity contribution is 0.0954. The zero-order chi connectivity index (χ0) is 17.3. The number of hydrogen-bond donors (Lipinski definition) is 1. The summed E-state index contributed by atoms with van der Waals surface area (Å²) in [6.45, 7) is 2.09. The van der Waals surface area contributed by atoms with E-state index in [4.69, 9.17) is 11.6 Å². The van der Waals surface area contributed by atoms with Crippen LogP contribution >= 0.6 is 22.9 Å². The van der Waals surface area contributed by atoms with Gasteiger partial charge < -0.3 is 5.32 Å². The van der Waals surface area contributed by atoms with Crippen LogP contribution in [0.25, 0.3) is 4.96 Å². The molecule has 2 aromatic heterocycles. The predicted octanol–water partition coefficient (Wildman–Crippen LogP) is 2.83. The van der Waals surface area contributed by atoms with Crippen LogP contribution in [0.4, 0.5) is 4.39 Å². The van der Waals surface area contributed by atoms with E-state index in [-0.39, 0.29) is 22.1 Å². The summed E-state index contributed by atoms with van der Waals surface area (Å²) in [4.78, 5) is 29.1. The van der Waals surface area contributed by atoms with Crippen molar-refractivity contribution < 1.29 is 9.18 Å². The number of nitrogens with one attached hydrogen (secondary N) is 1. The second kappa shape index (κ2) is 6.70. The monoisotopic (exact) mass is 365 g/mol. The number of carbonyl (C=O) groups excluding carboxylic acids is 1. The Morgan fingerprint density at radius 3 is 2.96 bits per heavy atom. The number of thiazole rings is 1. The van der Waals surface area contributed by atoms with Crippen LogP contribution in [0.5, 0.6) is 0 Å². The second-order valence-electron chi connectivity index (χ2n) is 5.21. The molecule has 5 nitrogen and oxygen atoms in total. The number of halogens is 2. The van der Waals surface area contributed by atoms with Crippen LogP contribution in [-0.2, 0) is 6.42 Å². The number of benzene rings is 1. The molecule has 0 aliphatic carbocycles. The average molecular weight is 366 g/mol. The van der Waals surface area contributed by atoms with Gasteiger partial charge in [0.05, 0.1) is 10.6 Å². The Morgan fingerprint density at radius 2 is 2.21 bits per heavy atom. The van der Waals surface area contributed by atoms with Crippen molar-refractivity contribution in [2.45, 2.75) is 13.3 Å². The highest BCUT2D eigenvalue weighted by Crippen LogP contribution is 2.17. The fourth-order valence-electron chi connectivity index (χ4n) is 2.33. The summed E-state index contributed by atoms with van der Waals surface area (Å²) in [5.74, 6) is -0.885. The Hall–Kier alpha value is -2.25. The van der Waals surface area contributed by atoms with Crippen molar-refractivity contribution in [3.63, 3.8) is 0 Å². The van der Waals surface area contributed by atoms with Gasteiger partial charge in [-0.3, -0.25) is 14.0 Å². The van der Waals surface area contributed by atoms with Crippen LogP contribution in [0.1, 0.15) is 21.7 Å². The molecule has 0 bridgehead atoms. The zero-order valence-corrected chi connectivity index (χ0v) is 14.2. The van der Waals surface area contributed by atoms with Crippen LogP contribution in [0.15, 0.2) is 34.4 Å². The zero-order valence-electron chi connectivity index (χ0n) is 12.7. The smallest absolute Gasteiger partial charge is 0.258 e. The minimum atomic E-state index is -0.497. The van der Waals surface area contributed by atoms with Gasteiger partial charge in [-0.15, -0.1) is 11.3 Å². The minimum Gasteiger partial charge on any atom is -0.352 e. The highest BCUT2D eigenvalue weighted by atomic mass is 35.5. The third-order valence-electron chi connectivity index (χ3n) is 3.45. The fourth-order valence-corrected chi connectivity index (χ4v) is 3.56. The summed E-state index contributed by atoms with van der Waals surface area (Å²) < 4.78 is 14.5. The Kier molecular flexibility index (Phi) is 4.64. The standard InChI is InChI=1S/C16H13ClFN3O2S/c1-9-6-14(22)21-11(8-24-16(21)20-9)4-5-19-15(23)12-3-2-10(18)7-13(12)17/h2-3,6-8H,4-5H2,1H3,(H,19,23). The number of carbonyl (C=O) groups is 1. The topological polar surface area (TPSA) is 63.5 Å². The van der Waals surface area contributed by atoms with E-state index in [9.17, 15) is 14.0 Å². The largest absolute Gasteiger partial charge is 0.352 e. The Labute approximate surface area is 145 Å². The molecule has 0 spiro atoms. The first kappa shape index (κ1) is 16.6. The van der Waals surface area contributed by atoms with Gasteiger partial charge in [-0.05, 0) is 25.1 Å². The van der Waals surface area contributed by atoms with Gasteiger partial charge in [0.25, 0.3) is 11.5 Å². The molecule has 1 N–H and O–H groups in total. The maximum absolute atomic E-state index is 13.0. The lowest BCUT2D eigenvalue weighted by Crippen LogP contribution is -2.27. The maximum atomic E-state index is 13.0. The molecule has 3 aromatic rings. The lowest BCUT2D eigenvalue weighted by atomic mass is 10.2. The van der Waals surface area contributed by atoms with Gasteiger partial charge in [-0.2, -0.15) is 0 Å². The molecule has 24 heavy (non-hydrogen) atoms. The molecule has 0 unspecified atom stereocenters. The number of aromatic nitrogens is 2. The highest BCUT2D eigenvalue weighted by Gasteiger charge is 2.12. The third-order valence-corrected chi connectivity index (χ3v) is 4.63. The SMILES string of the molecule is Cc1cc(=O)n2c(CCNC(=O)c3ccc(F)cc3Cl)csc2n1. The second-order valence-corrected chi connectivity index (χ2v) is 6.45. The van der Waals surface area contributed by atoms with Crippen LogP contribution in [0.3, 0.4) is 0 Å². The molecule has 2 heterocycles.